The summed E-state index contributed by atoms with van der Waals surface area (Å²) in [4.78, 5) is 4.67. The van der Waals surface area contributed by atoms with E-state index in [9.17, 15) is 0 Å². The van der Waals surface area contributed by atoms with Crippen molar-refractivity contribution in [3.8, 4) is 0 Å². The van der Waals surface area contributed by atoms with E-state index >= 15 is 0 Å². The van der Waals surface area contributed by atoms with E-state index in [0.717, 1.165) is 18.7 Å². The summed E-state index contributed by atoms with van der Waals surface area (Å²) in [5.41, 5.74) is 9.94. The van der Waals surface area contributed by atoms with Crippen LogP contribution >= 0.6 is 27.3 Å². The Labute approximate surface area is 307 Å². The first kappa shape index (κ1) is 38.0. The molecule has 1 aliphatic heterocycles. The number of aryl methyl sites for hydroxylation is 2. The number of nitrogens with zero attached hydrogens (tertiary/aromatic N) is 2. The van der Waals surface area contributed by atoms with Crippen LogP contribution in [0.2, 0.25) is 0 Å². The molecule has 1 saturated heterocycles. The topological polar surface area (TPSA) is 6.48 Å². The van der Waals surface area contributed by atoms with Gasteiger partial charge >= 0.3 is 73.4 Å². The number of rotatable bonds is 6. The second-order valence-electron chi connectivity index (χ2n) is 14.1. The molecule has 4 fully saturated rings. The van der Waals surface area contributed by atoms with E-state index in [2.05, 4.69) is 78.8 Å². The molecule has 0 radical (unpaired) electrons. The number of hydrogen-bond donors (Lipinski definition) is 0. The molecule has 1 heterocycles. The van der Waals surface area contributed by atoms with Gasteiger partial charge in [0, 0.05) is 24.5 Å². The van der Waals surface area contributed by atoms with Gasteiger partial charge in [-0.15, -0.1) is 0 Å². The van der Waals surface area contributed by atoms with E-state index in [1.165, 1.54) is 58.7 Å². The minimum absolute atomic E-state index is 0.385. The van der Waals surface area contributed by atoms with Crippen molar-refractivity contribution in [1.29, 1.82) is 0 Å². The summed E-state index contributed by atoms with van der Waals surface area (Å²) in [6.07, 6.45) is 23.6. The van der Waals surface area contributed by atoms with Gasteiger partial charge in [0.15, 0.2) is 0 Å². The second-order valence-corrected chi connectivity index (χ2v) is 22.9. The summed E-state index contributed by atoms with van der Waals surface area (Å²) in [7, 11) is 11.7. The molecular formula is C42H58Cl2N2PRu-. The molecule has 4 aliphatic rings. The van der Waals surface area contributed by atoms with Gasteiger partial charge in [-0.2, -0.15) is 6.67 Å². The molecule has 0 amide bonds. The quantitative estimate of drug-likeness (QED) is 0.139. The first-order valence-corrected chi connectivity index (χ1v) is 25.7. The Morgan fingerprint density at radius 2 is 0.938 bits per heavy atom. The van der Waals surface area contributed by atoms with Crippen LogP contribution in [-0.4, -0.2) is 34.7 Å². The molecule has 6 heteroatoms. The molecule has 0 spiro atoms. The Balaban J connectivity index is 0.000000148. The monoisotopic (exact) mass is 793 g/mol. The number of halogens is 2. The molecule has 7 rings (SSSR count). The van der Waals surface area contributed by atoms with Crippen molar-refractivity contribution in [2.75, 3.05) is 22.9 Å². The van der Waals surface area contributed by atoms with E-state index in [4.69, 9.17) is 19.4 Å². The third-order valence-corrected chi connectivity index (χ3v) is 16.6. The fourth-order valence-corrected chi connectivity index (χ4v) is 14.8. The minimum atomic E-state index is -1.61. The Morgan fingerprint density at radius 1 is 0.562 bits per heavy atom. The molecule has 0 atom stereocenters. The van der Waals surface area contributed by atoms with Gasteiger partial charge in [-0.05, 0) is 92.6 Å². The number of para-hydroxylation sites is 2. The molecule has 3 aliphatic carbocycles. The predicted octanol–water partition coefficient (Wildman–Crippen LogP) is 13.0. The first-order chi connectivity index (χ1) is 23.5. The van der Waals surface area contributed by atoms with Crippen molar-refractivity contribution in [1.82, 2.24) is 0 Å². The van der Waals surface area contributed by atoms with Crippen molar-refractivity contribution >= 4 is 43.3 Å². The van der Waals surface area contributed by atoms with E-state index in [1.54, 1.807) is 77.0 Å². The van der Waals surface area contributed by atoms with Crippen LogP contribution in [0.5, 0.6) is 0 Å². The Morgan fingerprint density at radius 3 is 1.31 bits per heavy atom. The molecule has 0 N–H and O–H groups in total. The average Bonchev–Trinajstić information content (AvgIpc) is 3.61. The van der Waals surface area contributed by atoms with Gasteiger partial charge < -0.3 is 9.80 Å². The third kappa shape index (κ3) is 11.7. The summed E-state index contributed by atoms with van der Waals surface area (Å²) in [5, 5.41) is 0. The van der Waals surface area contributed by atoms with Crippen LogP contribution in [0.4, 0.5) is 11.4 Å². The van der Waals surface area contributed by atoms with E-state index < -0.39 is 13.5 Å². The normalized spacial score (nSPS) is 19.6. The molecule has 3 aromatic carbocycles. The molecule has 3 aromatic rings. The van der Waals surface area contributed by atoms with Gasteiger partial charge in [-0.1, -0.05) is 102 Å². The molecule has 0 aromatic heterocycles. The van der Waals surface area contributed by atoms with Gasteiger partial charge in [-0.25, -0.2) is 0 Å². The fraction of sp³-hybridized carbons (Fsp3) is 0.524. The van der Waals surface area contributed by atoms with Crippen LogP contribution in [0, 0.1) is 20.5 Å². The standard InChI is InChI=1S/C18H33P.C17H19N2.C7H6.2ClH.Ru/c1-4-10-16(11-5-1)19(17-12-6-2-7-13-17)18-14-8-3-9-15-18;1-14-7-3-5-9-16(14)18-11-12-19(13-18)17-10-6-4-8-15(17)2;1-7-5-3-2-4-6-7;;;/h16-18H,1-15H2;3-10,13H,11-12H2,1-2H3;1-6H;2*1H;/q;-1;;;;+2/p-2. The van der Waals surface area contributed by atoms with Gasteiger partial charge in [0.1, 0.15) is 0 Å². The summed E-state index contributed by atoms with van der Waals surface area (Å²) in [6, 6.07) is 27.0. The number of benzene rings is 3. The first-order valence-electron chi connectivity index (χ1n) is 18.6. The summed E-state index contributed by atoms with van der Waals surface area (Å²) < 4.78 is 1.92. The summed E-state index contributed by atoms with van der Waals surface area (Å²) in [5.74, 6) is 0. The van der Waals surface area contributed by atoms with Crippen LogP contribution in [-0.2, 0) is 13.5 Å². The number of hydrogen-bond acceptors (Lipinski definition) is 2. The maximum atomic E-state index is 5.67. The van der Waals surface area contributed by atoms with Gasteiger partial charge in [0.2, 0.25) is 0 Å². The third-order valence-electron chi connectivity index (χ3n) is 10.7. The molecular weight excluding hydrogens is 735 g/mol. The van der Waals surface area contributed by atoms with Crippen molar-refractivity contribution in [3.63, 3.8) is 0 Å². The van der Waals surface area contributed by atoms with Crippen LogP contribution in [0.3, 0.4) is 0 Å². The van der Waals surface area contributed by atoms with Crippen molar-refractivity contribution < 1.29 is 13.5 Å². The fourth-order valence-electron chi connectivity index (χ4n) is 8.28. The summed E-state index contributed by atoms with van der Waals surface area (Å²) >= 11 is -1.61. The number of anilines is 2. The predicted molar refractivity (Wildman–Crippen MR) is 212 cm³/mol. The Hall–Kier alpha value is -1.24. The molecule has 2 nitrogen and oxygen atoms in total. The van der Waals surface area contributed by atoms with E-state index in [-0.39, 0.29) is 0 Å². The van der Waals surface area contributed by atoms with Crippen molar-refractivity contribution in [2.24, 2.45) is 0 Å². The van der Waals surface area contributed by atoms with Gasteiger partial charge in [0.25, 0.3) is 0 Å². The van der Waals surface area contributed by atoms with Crippen LogP contribution in [0.25, 0.3) is 0 Å². The molecule has 264 valence electrons. The molecule has 48 heavy (non-hydrogen) atoms. The Kier molecular flexibility index (Phi) is 16.3. The van der Waals surface area contributed by atoms with Crippen molar-refractivity contribution in [3.05, 3.63) is 102 Å². The van der Waals surface area contributed by atoms with Crippen molar-refractivity contribution in [2.45, 2.75) is 127 Å². The average molecular weight is 794 g/mol. The SMILES string of the molecule is C1CCC(P(C2CCCCC2)C2CCCCC2)CC1.Cc1ccccc1N1[CH-]N(c2ccccc2C)CC1.[Cl][Ru]([Cl])=[CH]c1ccccc1. The van der Waals surface area contributed by atoms with Crippen LogP contribution in [0.15, 0.2) is 78.9 Å². The summed E-state index contributed by atoms with van der Waals surface area (Å²) in [6.45, 7) is 8.64. The van der Waals surface area contributed by atoms with E-state index in [1.807, 2.05) is 34.9 Å². The maximum absolute atomic E-state index is 5.67. The zero-order chi connectivity index (χ0) is 33.6. The molecule has 3 saturated carbocycles. The van der Waals surface area contributed by atoms with Gasteiger partial charge in [0.05, 0.1) is 0 Å². The molecule has 0 unspecified atom stereocenters. The molecule has 0 bridgehead atoms. The Bertz CT molecular complexity index is 1280. The zero-order valence-corrected chi connectivity index (χ0v) is 33.5. The van der Waals surface area contributed by atoms with Crippen LogP contribution < -0.4 is 9.80 Å². The zero-order valence-electron chi connectivity index (χ0n) is 29.4. The second kappa shape index (κ2) is 20.6. The van der Waals surface area contributed by atoms with Crippen LogP contribution in [0.1, 0.15) is 113 Å². The van der Waals surface area contributed by atoms with Gasteiger partial charge in [-0.3, -0.25) is 0 Å². The van der Waals surface area contributed by atoms with E-state index in [0.29, 0.717) is 7.92 Å².